The second-order valence-corrected chi connectivity index (χ2v) is 8.21. The van der Waals surface area contributed by atoms with Crippen LogP contribution < -0.4 is 14.8 Å². The zero-order valence-electron chi connectivity index (χ0n) is 15.0. The fraction of sp³-hybridized carbons (Fsp3) is 0.316. The van der Waals surface area contributed by atoms with E-state index in [4.69, 9.17) is 4.74 Å². The van der Waals surface area contributed by atoms with E-state index in [0.29, 0.717) is 27.5 Å². The molecule has 0 aromatic heterocycles. The molecule has 0 saturated carbocycles. The first-order valence-electron chi connectivity index (χ1n) is 8.42. The van der Waals surface area contributed by atoms with Gasteiger partial charge >= 0.3 is 0 Å². The Balaban J connectivity index is 1.67. The molecular weight excluding hydrogens is 352 g/mol. The fourth-order valence-corrected chi connectivity index (χ4v) is 4.77. The summed E-state index contributed by atoms with van der Waals surface area (Å²) in [6, 6.07) is 10.8. The van der Waals surface area contributed by atoms with Gasteiger partial charge in [0.25, 0.3) is 5.91 Å². The molecule has 1 atom stereocenters. The summed E-state index contributed by atoms with van der Waals surface area (Å²) < 4.78 is 33.6. The zero-order chi connectivity index (χ0) is 18.9. The van der Waals surface area contributed by atoms with E-state index in [2.05, 4.69) is 10.0 Å². The van der Waals surface area contributed by atoms with Crippen molar-refractivity contribution in [1.29, 1.82) is 0 Å². The minimum absolute atomic E-state index is 0.106. The minimum atomic E-state index is -3.65. The lowest BCUT2D eigenvalue weighted by Crippen LogP contribution is -2.39. The summed E-state index contributed by atoms with van der Waals surface area (Å²) in [5.41, 5.74) is 3.05. The van der Waals surface area contributed by atoms with E-state index in [9.17, 15) is 13.2 Å². The van der Waals surface area contributed by atoms with Gasteiger partial charge in [-0.2, -0.15) is 0 Å². The van der Waals surface area contributed by atoms with Gasteiger partial charge in [-0.3, -0.25) is 4.79 Å². The van der Waals surface area contributed by atoms with E-state index in [1.165, 1.54) is 0 Å². The van der Waals surface area contributed by atoms with E-state index in [1.807, 2.05) is 31.2 Å². The average Bonchev–Trinajstić information content (AvgIpc) is 2.53. The lowest BCUT2D eigenvalue weighted by Gasteiger charge is -2.25. The second-order valence-electron chi connectivity index (χ2n) is 6.51. The third kappa shape index (κ3) is 3.73. The minimum Gasteiger partial charge on any atom is -0.478 e. The molecule has 0 saturated heterocycles. The Bertz CT molecular complexity index is 931. The first-order valence-corrected chi connectivity index (χ1v) is 9.90. The Kier molecular flexibility index (Phi) is 5.02. The van der Waals surface area contributed by atoms with E-state index < -0.39 is 16.1 Å². The van der Waals surface area contributed by atoms with Gasteiger partial charge in [-0.25, -0.2) is 13.1 Å². The van der Waals surface area contributed by atoms with Crippen LogP contribution in [0.2, 0.25) is 0 Å². The Morgan fingerprint density at radius 2 is 1.77 bits per heavy atom. The molecule has 138 valence electrons. The van der Waals surface area contributed by atoms with Gasteiger partial charge in [-0.15, -0.1) is 0 Å². The molecule has 0 radical (unpaired) electrons. The molecule has 0 bridgehead atoms. The second kappa shape index (κ2) is 7.09. The molecule has 1 aliphatic heterocycles. The molecule has 2 N–H and O–H groups in total. The van der Waals surface area contributed by atoms with Gasteiger partial charge < -0.3 is 10.1 Å². The number of hydrogen-bond donors (Lipinski definition) is 2. The van der Waals surface area contributed by atoms with Crippen molar-refractivity contribution in [2.45, 2.75) is 38.2 Å². The SMILES string of the molecule is Cc1cc(C)c(S(=O)(=O)NCCC2Oc3ccccc3NC2=O)c(C)c1. The molecule has 1 unspecified atom stereocenters. The van der Waals surface area contributed by atoms with Crippen LogP contribution >= 0.6 is 0 Å². The molecule has 2 aromatic rings. The van der Waals surface area contributed by atoms with Crippen molar-refractivity contribution in [3.63, 3.8) is 0 Å². The molecule has 0 fully saturated rings. The molecule has 26 heavy (non-hydrogen) atoms. The Morgan fingerprint density at radius 3 is 2.46 bits per heavy atom. The number of nitrogens with one attached hydrogen (secondary N) is 2. The number of para-hydroxylation sites is 2. The molecule has 7 heteroatoms. The summed E-state index contributed by atoms with van der Waals surface area (Å²) in [4.78, 5) is 12.4. The highest BCUT2D eigenvalue weighted by Gasteiger charge is 2.28. The molecule has 0 spiro atoms. The van der Waals surface area contributed by atoms with E-state index in [1.54, 1.807) is 26.0 Å². The number of aryl methyl sites for hydroxylation is 3. The molecule has 6 nitrogen and oxygen atoms in total. The molecule has 3 rings (SSSR count). The zero-order valence-corrected chi connectivity index (χ0v) is 15.8. The summed E-state index contributed by atoms with van der Waals surface area (Å²) >= 11 is 0. The van der Waals surface area contributed by atoms with Crippen LogP contribution in [-0.4, -0.2) is 27.0 Å². The summed E-state index contributed by atoms with van der Waals surface area (Å²) in [6.45, 7) is 5.60. The Morgan fingerprint density at radius 1 is 1.12 bits per heavy atom. The van der Waals surface area contributed by atoms with Gasteiger partial charge in [0.1, 0.15) is 5.75 Å². The van der Waals surface area contributed by atoms with Gasteiger partial charge in [0.2, 0.25) is 10.0 Å². The first kappa shape index (κ1) is 18.4. The lowest BCUT2D eigenvalue weighted by molar-refractivity contribution is -0.123. The van der Waals surface area contributed by atoms with Crippen LogP contribution in [-0.2, 0) is 14.8 Å². The summed E-state index contributed by atoms with van der Waals surface area (Å²) in [7, 11) is -3.65. The highest BCUT2D eigenvalue weighted by Crippen LogP contribution is 2.29. The fourth-order valence-electron chi connectivity index (χ4n) is 3.27. The maximum absolute atomic E-state index is 12.7. The number of amides is 1. The standard InChI is InChI=1S/C19H22N2O4S/c1-12-10-13(2)18(14(3)11-12)26(23,24)20-9-8-17-19(22)21-15-6-4-5-7-16(15)25-17/h4-7,10-11,17,20H,8-9H2,1-3H3,(H,21,22). The van der Waals surface area contributed by atoms with E-state index in [0.717, 1.165) is 5.56 Å². The number of sulfonamides is 1. The normalized spacial score (nSPS) is 16.6. The van der Waals surface area contributed by atoms with Crippen molar-refractivity contribution in [2.75, 3.05) is 11.9 Å². The largest absolute Gasteiger partial charge is 0.478 e. The van der Waals surface area contributed by atoms with Crippen LogP contribution in [0.15, 0.2) is 41.3 Å². The van der Waals surface area contributed by atoms with Crippen molar-refractivity contribution < 1.29 is 17.9 Å². The number of hydrogen-bond acceptors (Lipinski definition) is 4. The summed E-state index contributed by atoms with van der Waals surface area (Å²) in [6.07, 6.45) is -0.489. The molecular formula is C19H22N2O4S. The van der Waals surface area contributed by atoms with Crippen LogP contribution in [0.4, 0.5) is 5.69 Å². The number of carbonyl (C=O) groups is 1. The highest BCUT2D eigenvalue weighted by molar-refractivity contribution is 7.89. The van der Waals surface area contributed by atoms with Gasteiger partial charge in [-0.1, -0.05) is 29.8 Å². The monoisotopic (exact) mass is 374 g/mol. The van der Waals surface area contributed by atoms with Crippen molar-refractivity contribution in [2.24, 2.45) is 0 Å². The predicted octanol–water partition coefficient (Wildman–Crippen LogP) is 2.68. The maximum atomic E-state index is 12.7. The third-order valence-corrected chi connectivity index (χ3v) is 6.04. The number of fused-ring (bicyclic) bond motifs is 1. The Labute approximate surface area is 153 Å². The van der Waals surface area contributed by atoms with Crippen LogP contribution in [0.25, 0.3) is 0 Å². The summed E-state index contributed by atoms with van der Waals surface area (Å²) in [5.74, 6) is 0.316. The molecule has 2 aromatic carbocycles. The number of rotatable bonds is 5. The van der Waals surface area contributed by atoms with Gasteiger partial charge in [0.05, 0.1) is 10.6 Å². The highest BCUT2D eigenvalue weighted by atomic mass is 32.2. The van der Waals surface area contributed by atoms with Gasteiger partial charge in [-0.05, 0) is 44.0 Å². The quantitative estimate of drug-likeness (QED) is 0.843. The van der Waals surface area contributed by atoms with Crippen molar-refractivity contribution >= 4 is 21.6 Å². The molecule has 1 heterocycles. The topological polar surface area (TPSA) is 84.5 Å². The Hall–Kier alpha value is -2.38. The van der Waals surface area contributed by atoms with Crippen molar-refractivity contribution in [3.8, 4) is 5.75 Å². The predicted molar refractivity (Wildman–Crippen MR) is 99.9 cm³/mol. The van der Waals surface area contributed by atoms with Gasteiger partial charge in [0, 0.05) is 13.0 Å². The molecule has 1 amide bonds. The van der Waals surface area contributed by atoms with Gasteiger partial charge in [0.15, 0.2) is 6.10 Å². The maximum Gasteiger partial charge on any atom is 0.265 e. The first-order chi connectivity index (χ1) is 12.3. The molecule has 0 aliphatic carbocycles. The van der Waals surface area contributed by atoms with Crippen LogP contribution in [0.5, 0.6) is 5.75 Å². The van der Waals surface area contributed by atoms with Crippen molar-refractivity contribution in [3.05, 3.63) is 53.1 Å². The van der Waals surface area contributed by atoms with Crippen LogP contribution in [0.1, 0.15) is 23.1 Å². The number of benzene rings is 2. The van der Waals surface area contributed by atoms with Crippen LogP contribution in [0, 0.1) is 20.8 Å². The summed E-state index contributed by atoms with van der Waals surface area (Å²) in [5, 5.41) is 2.77. The number of carbonyl (C=O) groups excluding carboxylic acids is 1. The van der Waals surface area contributed by atoms with Crippen molar-refractivity contribution in [1.82, 2.24) is 4.72 Å². The van der Waals surface area contributed by atoms with E-state index >= 15 is 0 Å². The lowest BCUT2D eigenvalue weighted by atomic mass is 10.1. The third-order valence-electron chi connectivity index (χ3n) is 4.28. The molecule has 1 aliphatic rings. The average molecular weight is 374 g/mol. The number of ether oxygens (including phenoxy) is 1. The number of anilines is 1. The van der Waals surface area contributed by atoms with E-state index in [-0.39, 0.29) is 18.9 Å². The smallest absolute Gasteiger partial charge is 0.265 e. The van der Waals surface area contributed by atoms with Crippen LogP contribution in [0.3, 0.4) is 0 Å².